The molecule has 140 valence electrons. The third-order valence-electron chi connectivity index (χ3n) is 4.97. The minimum absolute atomic E-state index is 0.131. The Hall–Kier alpha value is -1.91. The van der Waals surface area contributed by atoms with Gasteiger partial charge in [-0.1, -0.05) is 13.8 Å². The number of piperidine rings is 1. The lowest BCUT2D eigenvalue weighted by Crippen LogP contribution is -2.42. The maximum Gasteiger partial charge on any atom is 0.339 e. The first-order chi connectivity index (χ1) is 12.3. The molecule has 3 rings (SSSR count). The van der Waals surface area contributed by atoms with Crippen LogP contribution in [-0.4, -0.2) is 37.9 Å². The Morgan fingerprint density at radius 3 is 2.27 bits per heavy atom. The summed E-state index contributed by atoms with van der Waals surface area (Å²) in [6, 6.07) is 7.79. The molecule has 0 bridgehead atoms. The summed E-state index contributed by atoms with van der Waals surface area (Å²) in [6.45, 7) is 5.15. The molecule has 2 aliphatic rings. The number of carbonyl (C=O) groups is 1. The van der Waals surface area contributed by atoms with Gasteiger partial charge in [0, 0.05) is 19.0 Å². The minimum atomic E-state index is -3.57. The average Bonchev–Trinajstić information content (AvgIpc) is 3.43. The molecule has 26 heavy (non-hydrogen) atoms. The molecule has 6 nitrogen and oxygen atoms in total. The van der Waals surface area contributed by atoms with Crippen molar-refractivity contribution in [3.8, 4) is 6.07 Å². The quantitative estimate of drug-likeness (QED) is 0.738. The number of benzene rings is 1. The number of rotatable bonds is 5. The van der Waals surface area contributed by atoms with E-state index in [9.17, 15) is 13.2 Å². The molecule has 0 spiro atoms. The van der Waals surface area contributed by atoms with E-state index >= 15 is 0 Å². The molecule has 0 unspecified atom stereocenters. The summed E-state index contributed by atoms with van der Waals surface area (Å²) in [5.41, 5.74) is 0.255. The van der Waals surface area contributed by atoms with E-state index in [1.807, 2.05) is 6.07 Å². The summed E-state index contributed by atoms with van der Waals surface area (Å²) in [4.78, 5) is 12.3. The topological polar surface area (TPSA) is 87.5 Å². The molecule has 0 aromatic heterocycles. The maximum absolute atomic E-state index is 12.8. The van der Waals surface area contributed by atoms with Gasteiger partial charge in [0.05, 0.1) is 10.5 Å². The zero-order valence-corrected chi connectivity index (χ0v) is 15.9. The maximum atomic E-state index is 12.8. The van der Waals surface area contributed by atoms with Gasteiger partial charge >= 0.3 is 5.97 Å². The number of nitriles is 1. The van der Waals surface area contributed by atoms with Gasteiger partial charge < -0.3 is 4.74 Å². The summed E-state index contributed by atoms with van der Waals surface area (Å²) in [7, 11) is -3.57. The first kappa shape index (κ1) is 18.9. The normalized spacial score (nSPS) is 25.3. The fourth-order valence-electron chi connectivity index (χ4n) is 3.52. The predicted molar refractivity (Wildman–Crippen MR) is 95.7 cm³/mol. The van der Waals surface area contributed by atoms with E-state index in [0.29, 0.717) is 24.9 Å². The molecule has 1 saturated carbocycles. The number of esters is 1. The Morgan fingerprint density at radius 1 is 1.19 bits per heavy atom. The van der Waals surface area contributed by atoms with Crippen LogP contribution in [0.1, 0.15) is 43.5 Å². The molecule has 7 heteroatoms. The molecule has 1 aliphatic carbocycles. The number of hydrogen-bond donors (Lipinski definition) is 0. The van der Waals surface area contributed by atoms with Crippen LogP contribution in [0.5, 0.6) is 0 Å². The van der Waals surface area contributed by atoms with Gasteiger partial charge in [-0.05, 0) is 55.4 Å². The number of hydrogen-bond acceptors (Lipinski definition) is 5. The van der Waals surface area contributed by atoms with E-state index in [0.717, 1.165) is 19.3 Å². The van der Waals surface area contributed by atoms with Gasteiger partial charge in [-0.3, -0.25) is 0 Å². The first-order valence-corrected chi connectivity index (χ1v) is 10.5. The van der Waals surface area contributed by atoms with Gasteiger partial charge in [0.15, 0.2) is 6.10 Å². The van der Waals surface area contributed by atoms with Crippen molar-refractivity contribution in [3.63, 3.8) is 0 Å². The minimum Gasteiger partial charge on any atom is -0.443 e. The van der Waals surface area contributed by atoms with Gasteiger partial charge in [0.2, 0.25) is 10.0 Å². The fraction of sp³-hybridized carbons (Fsp3) is 0.579. The Morgan fingerprint density at radius 2 is 1.77 bits per heavy atom. The Kier molecular flexibility index (Phi) is 5.35. The molecule has 1 aromatic rings. The van der Waals surface area contributed by atoms with Gasteiger partial charge in [-0.25, -0.2) is 13.2 Å². The van der Waals surface area contributed by atoms with E-state index in [4.69, 9.17) is 10.00 Å². The number of ether oxygens (including phenoxy) is 1. The predicted octanol–water partition coefficient (Wildman–Crippen LogP) is 2.81. The van der Waals surface area contributed by atoms with Crippen LogP contribution in [-0.2, 0) is 14.8 Å². The van der Waals surface area contributed by atoms with Gasteiger partial charge in [-0.2, -0.15) is 9.57 Å². The zero-order chi connectivity index (χ0) is 18.9. The lowest BCUT2D eigenvalue weighted by atomic mass is 9.94. The molecular formula is C19H24N2O4S. The summed E-state index contributed by atoms with van der Waals surface area (Å²) in [5.74, 6) is 0.195. The van der Waals surface area contributed by atoms with E-state index in [1.165, 1.54) is 28.6 Å². The second kappa shape index (κ2) is 7.37. The Bertz CT molecular complexity index is 799. The molecule has 1 saturated heterocycles. The summed E-state index contributed by atoms with van der Waals surface area (Å²) in [6.07, 6.45) is 2.10. The van der Waals surface area contributed by atoms with E-state index in [-0.39, 0.29) is 16.4 Å². The monoisotopic (exact) mass is 376 g/mol. The van der Waals surface area contributed by atoms with Crippen molar-refractivity contribution in [2.45, 2.75) is 44.1 Å². The molecule has 0 radical (unpaired) electrons. The fourth-order valence-corrected chi connectivity index (χ4v) is 5.20. The van der Waals surface area contributed by atoms with Crippen LogP contribution in [0.25, 0.3) is 0 Å². The van der Waals surface area contributed by atoms with Crippen molar-refractivity contribution >= 4 is 16.0 Å². The Labute approximate surface area is 154 Å². The van der Waals surface area contributed by atoms with Crippen molar-refractivity contribution in [1.82, 2.24) is 4.31 Å². The van der Waals surface area contributed by atoms with Crippen molar-refractivity contribution < 1.29 is 17.9 Å². The zero-order valence-electron chi connectivity index (χ0n) is 15.1. The Balaban J connectivity index is 1.72. The van der Waals surface area contributed by atoms with Crippen LogP contribution >= 0.6 is 0 Å². The SMILES string of the molecule is C[C@@H]1C[C@@H](C)CN(S(=O)(=O)c2ccc(C(=O)O[C@H](C#N)C3CC3)cc2)C1. The number of carbonyl (C=O) groups excluding carboxylic acids is 1. The molecule has 2 fully saturated rings. The lowest BCUT2D eigenvalue weighted by Gasteiger charge is -2.34. The van der Waals surface area contributed by atoms with Crippen LogP contribution in [0.15, 0.2) is 29.2 Å². The molecule has 1 heterocycles. The summed E-state index contributed by atoms with van der Waals surface area (Å²) >= 11 is 0. The van der Waals surface area contributed by atoms with Gasteiger partial charge in [0.1, 0.15) is 6.07 Å². The highest BCUT2D eigenvalue weighted by Crippen LogP contribution is 2.34. The highest BCUT2D eigenvalue weighted by atomic mass is 32.2. The second-order valence-electron chi connectivity index (χ2n) is 7.58. The summed E-state index contributed by atoms with van der Waals surface area (Å²) < 4.78 is 32.4. The van der Waals surface area contributed by atoms with Crippen molar-refractivity contribution in [2.75, 3.05) is 13.1 Å². The third-order valence-corrected chi connectivity index (χ3v) is 6.82. The first-order valence-electron chi connectivity index (χ1n) is 9.02. The van der Waals surface area contributed by atoms with Crippen LogP contribution in [0.2, 0.25) is 0 Å². The highest BCUT2D eigenvalue weighted by molar-refractivity contribution is 7.89. The van der Waals surface area contributed by atoms with Crippen molar-refractivity contribution in [1.29, 1.82) is 5.26 Å². The van der Waals surface area contributed by atoms with Crippen molar-refractivity contribution in [2.24, 2.45) is 17.8 Å². The van der Waals surface area contributed by atoms with E-state index < -0.39 is 22.1 Å². The van der Waals surface area contributed by atoms with Gasteiger partial charge in [0.25, 0.3) is 0 Å². The molecule has 0 amide bonds. The van der Waals surface area contributed by atoms with E-state index in [1.54, 1.807) is 0 Å². The number of nitrogens with zero attached hydrogens (tertiary/aromatic N) is 2. The van der Waals surface area contributed by atoms with Crippen LogP contribution in [0, 0.1) is 29.1 Å². The van der Waals surface area contributed by atoms with Crippen LogP contribution in [0.3, 0.4) is 0 Å². The highest BCUT2D eigenvalue weighted by Gasteiger charge is 2.35. The average molecular weight is 376 g/mol. The van der Waals surface area contributed by atoms with Gasteiger partial charge in [-0.15, -0.1) is 0 Å². The number of sulfonamides is 1. The molecule has 1 aliphatic heterocycles. The second-order valence-corrected chi connectivity index (χ2v) is 9.52. The molecule has 3 atom stereocenters. The lowest BCUT2D eigenvalue weighted by molar-refractivity contribution is 0.0370. The molecule has 0 N–H and O–H groups in total. The van der Waals surface area contributed by atoms with Crippen LogP contribution < -0.4 is 0 Å². The van der Waals surface area contributed by atoms with Crippen LogP contribution in [0.4, 0.5) is 0 Å². The van der Waals surface area contributed by atoms with Crippen molar-refractivity contribution in [3.05, 3.63) is 29.8 Å². The van der Waals surface area contributed by atoms with E-state index in [2.05, 4.69) is 13.8 Å². The largest absolute Gasteiger partial charge is 0.443 e. The third kappa shape index (κ3) is 4.08. The summed E-state index contributed by atoms with van der Waals surface area (Å²) in [5, 5.41) is 9.06. The smallest absolute Gasteiger partial charge is 0.339 e. The molecule has 1 aromatic carbocycles. The molecular weight excluding hydrogens is 352 g/mol. The standard InChI is InChI=1S/C19H24N2O4S/c1-13-9-14(2)12-21(11-13)26(23,24)17-7-5-16(6-8-17)19(22)25-18(10-20)15-3-4-15/h5-8,13-15,18H,3-4,9,11-12H2,1-2H3/t13-,14-,18-/m1/s1.